The van der Waals surface area contributed by atoms with Gasteiger partial charge in [-0.3, -0.25) is 4.79 Å². The summed E-state index contributed by atoms with van der Waals surface area (Å²) in [6.45, 7) is 4.94. The van der Waals surface area contributed by atoms with E-state index in [0.717, 1.165) is 16.9 Å². The molecule has 1 saturated heterocycles. The van der Waals surface area contributed by atoms with E-state index in [-0.39, 0.29) is 25.7 Å². The van der Waals surface area contributed by atoms with Crippen molar-refractivity contribution in [1.82, 2.24) is 4.31 Å². The average molecular weight is 424 g/mol. The van der Waals surface area contributed by atoms with Gasteiger partial charge in [0.15, 0.2) is 0 Å². The number of benzene rings is 1. The molecule has 152 valence electrons. The van der Waals surface area contributed by atoms with E-state index >= 15 is 0 Å². The lowest BCUT2D eigenvalue weighted by molar-refractivity contribution is -0.150. The molecule has 3 rings (SSSR count). The molecule has 8 heteroatoms. The van der Waals surface area contributed by atoms with Crippen molar-refractivity contribution in [3.63, 3.8) is 0 Å². The van der Waals surface area contributed by atoms with Gasteiger partial charge in [0.05, 0.1) is 5.92 Å². The van der Waals surface area contributed by atoms with Crippen LogP contribution in [0.2, 0.25) is 0 Å². The minimum atomic E-state index is -3.54. The van der Waals surface area contributed by atoms with E-state index in [0.29, 0.717) is 23.6 Å². The standard InChI is InChI=1S/C20H25NO5S2/c1-15-6-3-7-16(2)19(15)25-11-12-26-20(22)17-8-4-10-21(14-17)28(23,24)18-9-5-13-27-18/h3,5-7,9,13,17H,4,8,10-12,14H2,1-2H3. The van der Waals surface area contributed by atoms with Gasteiger partial charge in [0.25, 0.3) is 10.0 Å². The van der Waals surface area contributed by atoms with Crippen LogP contribution in [0.5, 0.6) is 5.75 Å². The number of thiophene rings is 1. The Morgan fingerprint density at radius 3 is 2.61 bits per heavy atom. The third kappa shape index (κ3) is 4.74. The highest BCUT2D eigenvalue weighted by molar-refractivity contribution is 7.91. The van der Waals surface area contributed by atoms with E-state index in [1.807, 2.05) is 32.0 Å². The van der Waals surface area contributed by atoms with Crippen molar-refractivity contribution in [1.29, 1.82) is 0 Å². The van der Waals surface area contributed by atoms with E-state index < -0.39 is 15.9 Å². The number of para-hydroxylation sites is 1. The second kappa shape index (κ2) is 9.07. The Bertz CT molecular complexity index is 888. The number of esters is 1. The van der Waals surface area contributed by atoms with Crippen LogP contribution in [-0.4, -0.2) is 45.0 Å². The van der Waals surface area contributed by atoms with Gasteiger partial charge in [-0.1, -0.05) is 24.3 Å². The zero-order chi connectivity index (χ0) is 20.1. The molecule has 1 aliphatic heterocycles. The summed E-state index contributed by atoms with van der Waals surface area (Å²) < 4.78 is 38.1. The van der Waals surface area contributed by atoms with Crippen molar-refractivity contribution < 1.29 is 22.7 Å². The van der Waals surface area contributed by atoms with Crippen LogP contribution in [0.25, 0.3) is 0 Å². The van der Waals surface area contributed by atoms with Gasteiger partial charge in [0, 0.05) is 13.1 Å². The number of aryl methyl sites for hydroxylation is 2. The molecule has 0 amide bonds. The minimum absolute atomic E-state index is 0.140. The monoisotopic (exact) mass is 423 g/mol. The predicted octanol–water partition coefficient (Wildman–Crippen LogP) is 3.39. The maximum atomic E-state index is 12.7. The van der Waals surface area contributed by atoms with Gasteiger partial charge in [-0.05, 0) is 49.3 Å². The third-order valence-corrected chi connectivity index (χ3v) is 8.03. The number of carbonyl (C=O) groups is 1. The molecular formula is C20H25NO5S2. The topological polar surface area (TPSA) is 72.9 Å². The Morgan fingerprint density at radius 2 is 1.93 bits per heavy atom. The number of hydrogen-bond donors (Lipinski definition) is 0. The fourth-order valence-corrected chi connectivity index (χ4v) is 5.99. The highest BCUT2D eigenvalue weighted by Gasteiger charge is 2.34. The maximum absolute atomic E-state index is 12.7. The molecule has 2 heterocycles. The first-order valence-electron chi connectivity index (χ1n) is 9.29. The van der Waals surface area contributed by atoms with Gasteiger partial charge in [0.1, 0.15) is 23.2 Å². The summed E-state index contributed by atoms with van der Waals surface area (Å²) in [6.07, 6.45) is 1.27. The first-order chi connectivity index (χ1) is 13.4. The number of hydrogen-bond acceptors (Lipinski definition) is 6. The molecule has 1 aliphatic rings. The zero-order valence-corrected chi connectivity index (χ0v) is 17.7. The molecule has 1 fully saturated rings. The number of ether oxygens (including phenoxy) is 2. The molecule has 28 heavy (non-hydrogen) atoms. The van der Waals surface area contributed by atoms with Crippen LogP contribution in [-0.2, 0) is 19.6 Å². The van der Waals surface area contributed by atoms with Crippen molar-refractivity contribution in [2.45, 2.75) is 30.9 Å². The summed E-state index contributed by atoms with van der Waals surface area (Å²) in [5.74, 6) is 0.00398. The molecule has 0 radical (unpaired) electrons. The van der Waals surface area contributed by atoms with E-state index in [9.17, 15) is 13.2 Å². The SMILES string of the molecule is Cc1cccc(C)c1OCCOC(=O)C1CCCN(S(=O)(=O)c2cccs2)C1. The number of piperidine rings is 1. The van der Waals surface area contributed by atoms with E-state index in [1.165, 1.54) is 15.6 Å². The molecule has 1 unspecified atom stereocenters. The minimum Gasteiger partial charge on any atom is -0.489 e. The lowest BCUT2D eigenvalue weighted by Crippen LogP contribution is -2.42. The lowest BCUT2D eigenvalue weighted by atomic mass is 10.0. The summed E-state index contributed by atoms with van der Waals surface area (Å²) in [4.78, 5) is 12.4. The highest BCUT2D eigenvalue weighted by Crippen LogP contribution is 2.27. The number of sulfonamides is 1. The van der Waals surface area contributed by atoms with Crippen LogP contribution >= 0.6 is 11.3 Å². The molecule has 0 spiro atoms. The molecule has 6 nitrogen and oxygen atoms in total. The molecular weight excluding hydrogens is 398 g/mol. The van der Waals surface area contributed by atoms with Crippen molar-refractivity contribution in [3.8, 4) is 5.75 Å². The van der Waals surface area contributed by atoms with Crippen LogP contribution in [0.1, 0.15) is 24.0 Å². The Kier molecular flexibility index (Phi) is 6.74. The summed E-state index contributed by atoms with van der Waals surface area (Å²) >= 11 is 1.19. The van der Waals surface area contributed by atoms with Crippen LogP contribution in [0.15, 0.2) is 39.9 Å². The molecule has 2 aromatic rings. The first kappa shape index (κ1) is 20.8. The molecule has 0 aliphatic carbocycles. The molecule has 1 aromatic carbocycles. The predicted molar refractivity (Wildman–Crippen MR) is 108 cm³/mol. The second-order valence-electron chi connectivity index (χ2n) is 6.87. The largest absolute Gasteiger partial charge is 0.489 e. The van der Waals surface area contributed by atoms with Crippen molar-refractivity contribution in [2.75, 3.05) is 26.3 Å². The normalized spacial score (nSPS) is 18.0. The van der Waals surface area contributed by atoms with Gasteiger partial charge in [-0.15, -0.1) is 11.3 Å². The van der Waals surface area contributed by atoms with Gasteiger partial charge in [-0.25, -0.2) is 8.42 Å². The molecule has 1 aromatic heterocycles. The summed E-state index contributed by atoms with van der Waals surface area (Å²) in [7, 11) is -3.54. The number of carbonyl (C=O) groups excluding carboxylic acids is 1. The van der Waals surface area contributed by atoms with E-state index in [4.69, 9.17) is 9.47 Å². The van der Waals surface area contributed by atoms with Crippen molar-refractivity contribution in [3.05, 3.63) is 46.8 Å². The summed E-state index contributed by atoms with van der Waals surface area (Å²) in [5.41, 5.74) is 2.07. The molecule has 0 N–H and O–H groups in total. The van der Waals surface area contributed by atoms with Crippen LogP contribution in [0, 0.1) is 19.8 Å². The van der Waals surface area contributed by atoms with Gasteiger partial charge >= 0.3 is 5.97 Å². The van der Waals surface area contributed by atoms with Crippen molar-refractivity contribution >= 4 is 27.3 Å². The fourth-order valence-electron chi connectivity index (χ4n) is 3.32. The third-order valence-electron chi connectivity index (χ3n) is 4.79. The van der Waals surface area contributed by atoms with Gasteiger partial charge < -0.3 is 9.47 Å². The van der Waals surface area contributed by atoms with Crippen molar-refractivity contribution in [2.24, 2.45) is 5.92 Å². The molecule has 0 bridgehead atoms. The second-order valence-corrected chi connectivity index (χ2v) is 9.98. The lowest BCUT2D eigenvalue weighted by Gasteiger charge is -2.30. The Balaban J connectivity index is 1.51. The quantitative estimate of drug-likeness (QED) is 0.504. The average Bonchev–Trinajstić information content (AvgIpc) is 3.22. The molecule has 0 saturated carbocycles. The van der Waals surface area contributed by atoms with Gasteiger partial charge in [-0.2, -0.15) is 4.31 Å². The Labute approximate surface area is 170 Å². The van der Waals surface area contributed by atoms with Crippen LogP contribution in [0.4, 0.5) is 0 Å². The first-order valence-corrected chi connectivity index (χ1v) is 11.6. The summed E-state index contributed by atoms with van der Waals surface area (Å²) in [5, 5.41) is 1.73. The smallest absolute Gasteiger partial charge is 0.310 e. The van der Waals surface area contributed by atoms with Crippen LogP contribution in [0.3, 0.4) is 0 Å². The molecule has 1 atom stereocenters. The van der Waals surface area contributed by atoms with E-state index in [1.54, 1.807) is 17.5 Å². The maximum Gasteiger partial charge on any atom is 0.310 e. The summed E-state index contributed by atoms with van der Waals surface area (Å²) in [6, 6.07) is 9.21. The Morgan fingerprint density at radius 1 is 1.18 bits per heavy atom. The zero-order valence-electron chi connectivity index (χ0n) is 16.1. The number of rotatable bonds is 7. The van der Waals surface area contributed by atoms with E-state index in [2.05, 4.69) is 0 Å². The highest BCUT2D eigenvalue weighted by atomic mass is 32.2. The fraction of sp³-hybridized carbons (Fsp3) is 0.450. The number of nitrogens with zero attached hydrogens (tertiary/aromatic N) is 1. The Hall–Kier alpha value is -1.90. The van der Waals surface area contributed by atoms with Gasteiger partial charge in [0.2, 0.25) is 0 Å². The van der Waals surface area contributed by atoms with Crippen LogP contribution < -0.4 is 4.74 Å².